The number of sulfonamides is 1. The number of piperidine rings is 1. The number of aliphatic imine (C=N–C) groups is 1. The van der Waals surface area contributed by atoms with Crippen LogP contribution in [0.5, 0.6) is 0 Å². The van der Waals surface area contributed by atoms with Gasteiger partial charge in [-0.2, -0.15) is 4.31 Å². The highest BCUT2D eigenvalue weighted by atomic mass is 32.2. The van der Waals surface area contributed by atoms with Gasteiger partial charge in [-0.05, 0) is 48.8 Å². The Morgan fingerprint density at radius 1 is 1.14 bits per heavy atom. The van der Waals surface area contributed by atoms with E-state index in [0.717, 1.165) is 38.3 Å². The molecule has 0 atom stereocenters. The highest BCUT2D eigenvalue weighted by Crippen LogP contribution is 2.23. The van der Waals surface area contributed by atoms with E-state index in [2.05, 4.69) is 33.1 Å². The molecule has 6 nitrogen and oxygen atoms in total. The number of nitrogens with zero attached hydrogens (tertiary/aromatic N) is 2. The van der Waals surface area contributed by atoms with Gasteiger partial charge >= 0.3 is 0 Å². The fourth-order valence-electron chi connectivity index (χ4n) is 3.32. The molecule has 0 saturated carbocycles. The predicted octanol–water partition coefficient (Wildman–Crippen LogP) is 2.56. The molecule has 0 aliphatic carbocycles. The molecule has 2 aromatic rings. The molecule has 0 radical (unpaired) electrons. The molecule has 28 heavy (non-hydrogen) atoms. The van der Waals surface area contributed by atoms with E-state index < -0.39 is 10.0 Å². The molecule has 0 amide bonds. The third kappa shape index (κ3) is 5.56. The molecule has 1 aliphatic rings. The molecule has 1 aromatic heterocycles. The van der Waals surface area contributed by atoms with Crippen molar-refractivity contribution in [1.82, 2.24) is 14.9 Å². The van der Waals surface area contributed by atoms with Crippen LogP contribution in [0.1, 0.15) is 17.7 Å². The maximum Gasteiger partial charge on any atom is 0.243 e. The van der Waals surface area contributed by atoms with E-state index in [9.17, 15) is 8.42 Å². The van der Waals surface area contributed by atoms with Crippen LogP contribution in [0.3, 0.4) is 0 Å². The molecule has 8 heteroatoms. The zero-order valence-corrected chi connectivity index (χ0v) is 17.8. The average molecular weight is 421 g/mol. The Balaban J connectivity index is 1.41. The Morgan fingerprint density at radius 2 is 1.89 bits per heavy atom. The van der Waals surface area contributed by atoms with Crippen molar-refractivity contribution in [2.75, 3.05) is 33.2 Å². The van der Waals surface area contributed by atoms with Crippen LogP contribution in [0.15, 0.2) is 57.7 Å². The molecule has 2 heterocycles. The van der Waals surface area contributed by atoms with E-state index in [1.165, 1.54) is 4.88 Å². The molecule has 0 bridgehead atoms. The Labute approximate surface area is 171 Å². The minimum atomic E-state index is -3.38. The van der Waals surface area contributed by atoms with Crippen LogP contribution in [0.25, 0.3) is 0 Å². The van der Waals surface area contributed by atoms with Crippen LogP contribution in [-0.2, 0) is 16.4 Å². The lowest BCUT2D eigenvalue weighted by molar-refractivity contribution is 0.273. The van der Waals surface area contributed by atoms with Gasteiger partial charge in [-0.15, -0.1) is 11.3 Å². The summed E-state index contributed by atoms with van der Waals surface area (Å²) in [4.78, 5) is 6.01. The van der Waals surface area contributed by atoms with E-state index in [0.29, 0.717) is 23.9 Å². The maximum atomic E-state index is 12.7. The van der Waals surface area contributed by atoms with E-state index in [1.807, 2.05) is 6.07 Å². The molecule has 2 N–H and O–H groups in total. The van der Waals surface area contributed by atoms with Gasteiger partial charge in [-0.1, -0.05) is 24.3 Å². The minimum absolute atomic E-state index is 0.377. The lowest BCUT2D eigenvalue weighted by atomic mass is 9.98. The third-order valence-electron chi connectivity index (χ3n) is 4.98. The molecule has 0 spiro atoms. The summed E-state index contributed by atoms with van der Waals surface area (Å²) in [6, 6.07) is 12.9. The number of hydrogen-bond acceptors (Lipinski definition) is 4. The van der Waals surface area contributed by atoms with Crippen LogP contribution >= 0.6 is 11.3 Å². The normalized spacial score (nSPS) is 16.8. The second-order valence-electron chi connectivity index (χ2n) is 6.87. The van der Waals surface area contributed by atoms with Gasteiger partial charge in [0.1, 0.15) is 0 Å². The van der Waals surface area contributed by atoms with Gasteiger partial charge in [0.15, 0.2) is 5.96 Å². The van der Waals surface area contributed by atoms with Crippen molar-refractivity contribution >= 4 is 27.3 Å². The van der Waals surface area contributed by atoms with Crippen LogP contribution in [0.2, 0.25) is 0 Å². The predicted molar refractivity (Wildman–Crippen MR) is 115 cm³/mol. The topological polar surface area (TPSA) is 73.8 Å². The molecular weight excluding hydrogens is 392 g/mol. The summed E-state index contributed by atoms with van der Waals surface area (Å²) in [5, 5.41) is 8.81. The first-order chi connectivity index (χ1) is 13.6. The standard InChI is InChI=1S/C20H28N4O2S2/c1-21-20(22-12-9-18-6-5-15-27-18)23-16-17-10-13-24(14-11-17)28(25,26)19-7-3-2-4-8-19/h2-8,15,17H,9-14,16H2,1H3,(H2,21,22,23). The van der Waals surface area contributed by atoms with Crippen LogP contribution < -0.4 is 10.6 Å². The lowest BCUT2D eigenvalue weighted by Crippen LogP contribution is -2.44. The zero-order valence-electron chi connectivity index (χ0n) is 16.2. The minimum Gasteiger partial charge on any atom is -0.356 e. The summed E-state index contributed by atoms with van der Waals surface area (Å²) in [7, 11) is -1.60. The van der Waals surface area contributed by atoms with E-state index in [1.54, 1.807) is 47.0 Å². The molecule has 152 valence electrons. The monoisotopic (exact) mass is 420 g/mol. The van der Waals surface area contributed by atoms with Gasteiger partial charge < -0.3 is 10.6 Å². The molecule has 1 saturated heterocycles. The van der Waals surface area contributed by atoms with Gasteiger partial charge in [0.25, 0.3) is 0 Å². The Morgan fingerprint density at radius 3 is 2.54 bits per heavy atom. The summed E-state index contributed by atoms with van der Waals surface area (Å²) in [5.74, 6) is 1.24. The Bertz CT molecular complexity index is 844. The van der Waals surface area contributed by atoms with Crippen LogP contribution in [-0.4, -0.2) is 51.9 Å². The Kier molecular flexibility index (Phi) is 7.47. The smallest absolute Gasteiger partial charge is 0.243 e. The molecular formula is C20H28N4O2S2. The summed E-state index contributed by atoms with van der Waals surface area (Å²) >= 11 is 1.76. The second-order valence-corrected chi connectivity index (χ2v) is 9.84. The fourth-order valence-corrected chi connectivity index (χ4v) is 5.52. The third-order valence-corrected chi connectivity index (χ3v) is 7.83. The number of hydrogen-bond donors (Lipinski definition) is 2. The van der Waals surface area contributed by atoms with Gasteiger partial charge in [0.2, 0.25) is 10.0 Å². The fraction of sp³-hybridized carbons (Fsp3) is 0.450. The second kappa shape index (κ2) is 10.0. The van der Waals surface area contributed by atoms with Crippen LogP contribution in [0.4, 0.5) is 0 Å². The zero-order chi connectivity index (χ0) is 19.8. The first-order valence-corrected chi connectivity index (χ1v) is 11.9. The first-order valence-electron chi connectivity index (χ1n) is 9.61. The van der Waals surface area contributed by atoms with Gasteiger partial charge in [-0.3, -0.25) is 4.99 Å². The molecule has 1 aliphatic heterocycles. The van der Waals surface area contributed by atoms with E-state index >= 15 is 0 Å². The van der Waals surface area contributed by atoms with Crippen molar-refractivity contribution in [1.29, 1.82) is 0 Å². The number of guanidine groups is 1. The lowest BCUT2D eigenvalue weighted by Gasteiger charge is -2.31. The van der Waals surface area contributed by atoms with Crippen LogP contribution in [0, 0.1) is 5.92 Å². The van der Waals surface area contributed by atoms with Crippen molar-refractivity contribution in [2.45, 2.75) is 24.2 Å². The van der Waals surface area contributed by atoms with Gasteiger partial charge in [0.05, 0.1) is 4.90 Å². The van der Waals surface area contributed by atoms with E-state index in [4.69, 9.17) is 0 Å². The highest BCUT2D eigenvalue weighted by molar-refractivity contribution is 7.89. The van der Waals surface area contributed by atoms with Gasteiger partial charge in [0, 0.05) is 38.1 Å². The Hall–Kier alpha value is -1.90. The molecule has 0 unspecified atom stereocenters. The average Bonchev–Trinajstić information content (AvgIpc) is 3.25. The van der Waals surface area contributed by atoms with E-state index in [-0.39, 0.29) is 0 Å². The molecule has 1 aromatic carbocycles. The van der Waals surface area contributed by atoms with Crippen molar-refractivity contribution in [3.05, 3.63) is 52.7 Å². The summed E-state index contributed by atoms with van der Waals surface area (Å²) < 4.78 is 27.0. The summed E-state index contributed by atoms with van der Waals surface area (Å²) in [6.45, 7) is 2.77. The highest BCUT2D eigenvalue weighted by Gasteiger charge is 2.29. The van der Waals surface area contributed by atoms with Crippen molar-refractivity contribution in [3.8, 4) is 0 Å². The SMILES string of the molecule is CN=C(NCCc1cccs1)NCC1CCN(S(=O)(=O)c2ccccc2)CC1. The number of rotatable bonds is 7. The number of thiophene rings is 1. The quantitative estimate of drug-likeness (QED) is 0.533. The van der Waals surface area contributed by atoms with Crippen molar-refractivity contribution < 1.29 is 8.42 Å². The molecule has 3 rings (SSSR count). The van der Waals surface area contributed by atoms with Crippen molar-refractivity contribution in [3.63, 3.8) is 0 Å². The van der Waals surface area contributed by atoms with Crippen molar-refractivity contribution in [2.24, 2.45) is 10.9 Å². The summed E-state index contributed by atoms with van der Waals surface area (Å²) in [6.07, 6.45) is 2.69. The molecule has 1 fully saturated rings. The summed E-state index contributed by atoms with van der Waals surface area (Å²) in [5.41, 5.74) is 0. The number of benzene rings is 1. The number of nitrogens with one attached hydrogen (secondary N) is 2. The van der Waals surface area contributed by atoms with Gasteiger partial charge in [-0.25, -0.2) is 8.42 Å². The first kappa shape index (κ1) is 20.8. The largest absolute Gasteiger partial charge is 0.356 e. The maximum absolute atomic E-state index is 12.7.